The lowest BCUT2D eigenvalue weighted by Crippen LogP contribution is -2.06. The first-order chi connectivity index (χ1) is 28.7. The van der Waals surface area contributed by atoms with Crippen LogP contribution in [0.3, 0.4) is 0 Å². The first-order valence-electron chi connectivity index (χ1n) is 19.5. The number of aromatic nitrogens is 6. The van der Waals surface area contributed by atoms with E-state index >= 15 is 0 Å². The third-order valence-electron chi connectivity index (χ3n) is 11.4. The molecule has 4 aromatic heterocycles. The minimum Gasteiger partial charge on any atom is -0.292 e. The van der Waals surface area contributed by atoms with Crippen LogP contribution in [0, 0.1) is 0 Å². The molecule has 12 rings (SSSR count). The Morgan fingerprint density at radius 1 is 0.293 bits per heavy atom. The molecular formula is C52H32N6. The molecule has 0 aliphatic heterocycles. The Hall–Kier alpha value is -7.96. The van der Waals surface area contributed by atoms with Crippen molar-refractivity contribution in [3.63, 3.8) is 0 Å². The highest BCUT2D eigenvalue weighted by Crippen LogP contribution is 2.39. The van der Waals surface area contributed by atoms with E-state index in [4.69, 9.17) is 19.9 Å². The van der Waals surface area contributed by atoms with Gasteiger partial charge >= 0.3 is 0 Å². The molecule has 0 atom stereocenters. The summed E-state index contributed by atoms with van der Waals surface area (Å²) in [5, 5.41) is 5.71. The molecule has 0 N–H and O–H groups in total. The maximum Gasteiger partial charge on any atom is 0.238 e. The molecule has 0 unspecified atom stereocenters. The van der Waals surface area contributed by atoms with Gasteiger partial charge in [0, 0.05) is 32.7 Å². The monoisotopic (exact) mass is 740 g/mol. The van der Waals surface area contributed by atoms with Crippen LogP contribution in [0.25, 0.3) is 111 Å². The molecule has 0 bridgehead atoms. The Bertz CT molecular complexity index is 3430. The van der Waals surface area contributed by atoms with Crippen molar-refractivity contribution in [2.24, 2.45) is 0 Å². The van der Waals surface area contributed by atoms with Crippen LogP contribution in [0.2, 0.25) is 0 Å². The van der Waals surface area contributed by atoms with Crippen molar-refractivity contribution in [1.29, 1.82) is 0 Å². The molecule has 0 aliphatic rings. The van der Waals surface area contributed by atoms with Crippen molar-refractivity contribution in [3.8, 4) is 51.0 Å². The van der Waals surface area contributed by atoms with Gasteiger partial charge in [0.2, 0.25) is 5.95 Å². The van der Waals surface area contributed by atoms with Crippen molar-refractivity contribution in [1.82, 2.24) is 28.9 Å². The van der Waals surface area contributed by atoms with Crippen molar-refractivity contribution in [3.05, 3.63) is 194 Å². The molecule has 0 spiro atoms. The van der Waals surface area contributed by atoms with Crippen molar-refractivity contribution in [2.45, 2.75) is 0 Å². The van der Waals surface area contributed by atoms with Gasteiger partial charge in [-0.05, 0) is 58.0 Å². The SMILES string of the molecule is c1ccc(-c2ccc(-c3nc(-c4ccc(-c5ccccc5)cc4)nc(-n4c5ccccc5c5cc6c7ccccc7c7nc8ccccc8n7c6cc54)n3)cc2)cc1. The molecule has 58 heavy (non-hydrogen) atoms. The molecule has 270 valence electrons. The van der Waals surface area contributed by atoms with Crippen molar-refractivity contribution < 1.29 is 0 Å². The van der Waals surface area contributed by atoms with Gasteiger partial charge in [-0.2, -0.15) is 9.97 Å². The number of para-hydroxylation sites is 3. The van der Waals surface area contributed by atoms with E-state index in [0.29, 0.717) is 17.6 Å². The predicted octanol–water partition coefficient (Wildman–Crippen LogP) is 12.7. The lowest BCUT2D eigenvalue weighted by molar-refractivity contribution is 0.953. The topological polar surface area (TPSA) is 60.9 Å². The Kier molecular flexibility index (Phi) is 7.13. The van der Waals surface area contributed by atoms with E-state index in [1.807, 2.05) is 12.1 Å². The van der Waals surface area contributed by atoms with Gasteiger partial charge in [0.05, 0.1) is 27.6 Å². The van der Waals surface area contributed by atoms with E-state index < -0.39 is 0 Å². The fourth-order valence-electron chi connectivity index (χ4n) is 8.59. The van der Waals surface area contributed by atoms with Crippen LogP contribution in [-0.4, -0.2) is 28.9 Å². The fraction of sp³-hybridized carbons (Fsp3) is 0. The zero-order chi connectivity index (χ0) is 38.2. The van der Waals surface area contributed by atoms with Gasteiger partial charge < -0.3 is 0 Å². The minimum absolute atomic E-state index is 0.553. The van der Waals surface area contributed by atoms with Gasteiger partial charge in [0.15, 0.2) is 11.6 Å². The van der Waals surface area contributed by atoms with E-state index in [-0.39, 0.29) is 0 Å². The molecule has 12 aromatic rings. The lowest BCUT2D eigenvalue weighted by atomic mass is 10.0. The molecule has 0 fully saturated rings. The minimum atomic E-state index is 0.553. The van der Waals surface area contributed by atoms with E-state index in [2.05, 4.69) is 191 Å². The van der Waals surface area contributed by atoms with Crippen molar-refractivity contribution in [2.75, 3.05) is 0 Å². The summed E-state index contributed by atoms with van der Waals surface area (Å²) >= 11 is 0. The fourth-order valence-corrected chi connectivity index (χ4v) is 8.59. The normalized spacial score (nSPS) is 11.8. The number of fused-ring (bicyclic) bond motifs is 11. The summed E-state index contributed by atoms with van der Waals surface area (Å²) in [5.41, 5.74) is 12.5. The van der Waals surface area contributed by atoms with Gasteiger partial charge in [-0.1, -0.05) is 164 Å². The van der Waals surface area contributed by atoms with Crippen molar-refractivity contribution >= 4 is 60.2 Å². The number of nitrogens with zero attached hydrogens (tertiary/aromatic N) is 6. The van der Waals surface area contributed by atoms with Gasteiger partial charge in [-0.15, -0.1) is 0 Å². The third kappa shape index (κ3) is 5.05. The highest BCUT2D eigenvalue weighted by Gasteiger charge is 2.21. The van der Waals surface area contributed by atoms with Gasteiger partial charge in [0.25, 0.3) is 0 Å². The average Bonchev–Trinajstić information content (AvgIpc) is 3.85. The number of hydrogen-bond acceptors (Lipinski definition) is 4. The van der Waals surface area contributed by atoms with E-state index in [1.165, 1.54) is 5.39 Å². The molecule has 0 saturated carbocycles. The zero-order valence-electron chi connectivity index (χ0n) is 31.2. The second-order valence-corrected chi connectivity index (χ2v) is 14.7. The summed E-state index contributed by atoms with van der Waals surface area (Å²) < 4.78 is 4.51. The summed E-state index contributed by atoms with van der Waals surface area (Å²) in [5.74, 6) is 1.76. The summed E-state index contributed by atoms with van der Waals surface area (Å²) in [4.78, 5) is 20.9. The van der Waals surface area contributed by atoms with Gasteiger partial charge in [-0.25, -0.2) is 9.97 Å². The highest BCUT2D eigenvalue weighted by atomic mass is 15.2. The summed E-state index contributed by atoms with van der Waals surface area (Å²) in [6, 6.07) is 68.0. The summed E-state index contributed by atoms with van der Waals surface area (Å²) in [6.07, 6.45) is 0. The molecular weight excluding hydrogens is 709 g/mol. The molecule has 0 aliphatic carbocycles. The smallest absolute Gasteiger partial charge is 0.238 e. The number of imidazole rings is 1. The Morgan fingerprint density at radius 2 is 0.776 bits per heavy atom. The van der Waals surface area contributed by atoms with Crippen LogP contribution in [0.15, 0.2) is 194 Å². The van der Waals surface area contributed by atoms with Crippen LogP contribution >= 0.6 is 0 Å². The highest BCUT2D eigenvalue weighted by molar-refractivity contribution is 6.20. The summed E-state index contributed by atoms with van der Waals surface area (Å²) in [7, 11) is 0. The Labute approximate surface area is 333 Å². The van der Waals surface area contributed by atoms with Crippen LogP contribution in [0.5, 0.6) is 0 Å². The van der Waals surface area contributed by atoms with Crippen LogP contribution < -0.4 is 0 Å². The van der Waals surface area contributed by atoms with Crippen LogP contribution in [0.1, 0.15) is 0 Å². The van der Waals surface area contributed by atoms with Gasteiger partial charge in [0.1, 0.15) is 5.65 Å². The lowest BCUT2D eigenvalue weighted by Gasteiger charge is -2.13. The first-order valence-corrected chi connectivity index (χ1v) is 19.5. The zero-order valence-corrected chi connectivity index (χ0v) is 31.2. The van der Waals surface area contributed by atoms with Crippen LogP contribution in [-0.2, 0) is 0 Å². The largest absolute Gasteiger partial charge is 0.292 e. The maximum absolute atomic E-state index is 5.29. The number of hydrogen-bond donors (Lipinski definition) is 0. The quantitative estimate of drug-likeness (QED) is 0.165. The average molecular weight is 741 g/mol. The summed E-state index contributed by atoms with van der Waals surface area (Å²) in [6.45, 7) is 0. The van der Waals surface area contributed by atoms with Gasteiger partial charge in [-0.3, -0.25) is 8.97 Å². The second kappa shape index (κ2) is 12.8. The molecule has 0 saturated heterocycles. The van der Waals surface area contributed by atoms with Crippen LogP contribution in [0.4, 0.5) is 0 Å². The standard InChI is InChI=1S/C52H32N6/c1-3-13-33(14-4-1)35-23-27-37(28-24-35)49-54-50(38-29-25-36(26-30-38)34-15-5-2-6-16-34)56-52(55-49)58-45-21-11-9-18-40(45)43-31-42-39-17-7-8-19-41(39)51-53-44-20-10-12-22-46(44)57(51)47(42)32-48(43)58/h1-32H. The molecule has 4 heterocycles. The molecule has 6 nitrogen and oxygen atoms in total. The molecule has 0 radical (unpaired) electrons. The Morgan fingerprint density at radius 3 is 1.41 bits per heavy atom. The molecule has 6 heteroatoms. The molecule has 0 amide bonds. The van der Waals surface area contributed by atoms with E-state index in [0.717, 1.165) is 88.2 Å². The number of benzene rings is 8. The maximum atomic E-state index is 5.29. The number of pyridine rings is 1. The molecule has 8 aromatic carbocycles. The Balaban J connectivity index is 1.13. The second-order valence-electron chi connectivity index (χ2n) is 14.7. The predicted molar refractivity (Wildman–Crippen MR) is 237 cm³/mol. The van der Waals surface area contributed by atoms with E-state index in [9.17, 15) is 0 Å². The first kappa shape index (κ1) is 32.3. The van der Waals surface area contributed by atoms with E-state index in [1.54, 1.807) is 0 Å². The number of rotatable bonds is 5. The third-order valence-corrected chi connectivity index (χ3v) is 11.4.